The molecule has 104 valence electrons. The Morgan fingerprint density at radius 3 is 2.89 bits per heavy atom. The Bertz CT molecular complexity index is 317. The van der Waals surface area contributed by atoms with E-state index in [2.05, 4.69) is 32.5 Å². The standard InChI is InChI=1S/C12H21N3OS.HI/c1-3-16-7-4-6-14-12(13-2)15-9-11-5-8-17-10-11;/h5,8,10H,3-4,6-7,9H2,1-2H3,(H2,13,14,15);1H. The van der Waals surface area contributed by atoms with Crippen LogP contribution in [0.5, 0.6) is 0 Å². The molecular weight excluding hydrogens is 361 g/mol. The van der Waals surface area contributed by atoms with Crippen LogP contribution in [0.4, 0.5) is 0 Å². The van der Waals surface area contributed by atoms with Gasteiger partial charge in [0.25, 0.3) is 0 Å². The zero-order valence-corrected chi connectivity index (χ0v) is 14.1. The maximum atomic E-state index is 5.27. The molecule has 0 unspecified atom stereocenters. The average Bonchev–Trinajstić information content (AvgIpc) is 2.86. The van der Waals surface area contributed by atoms with E-state index >= 15 is 0 Å². The van der Waals surface area contributed by atoms with Crippen molar-refractivity contribution in [2.24, 2.45) is 4.99 Å². The van der Waals surface area contributed by atoms with E-state index in [9.17, 15) is 0 Å². The van der Waals surface area contributed by atoms with Crippen LogP contribution in [0.2, 0.25) is 0 Å². The number of ether oxygens (including phenoxy) is 1. The van der Waals surface area contributed by atoms with Crippen molar-refractivity contribution in [3.8, 4) is 0 Å². The van der Waals surface area contributed by atoms with E-state index in [0.29, 0.717) is 0 Å². The number of hydrogen-bond acceptors (Lipinski definition) is 3. The van der Waals surface area contributed by atoms with Gasteiger partial charge in [-0.15, -0.1) is 24.0 Å². The first-order valence-corrected chi connectivity index (χ1v) is 6.84. The molecule has 0 saturated heterocycles. The van der Waals surface area contributed by atoms with Crippen LogP contribution in [0.3, 0.4) is 0 Å². The fraction of sp³-hybridized carbons (Fsp3) is 0.583. The second-order valence-corrected chi connectivity index (χ2v) is 4.31. The maximum Gasteiger partial charge on any atom is 0.191 e. The third-order valence-electron chi connectivity index (χ3n) is 2.23. The maximum absolute atomic E-state index is 5.27. The van der Waals surface area contributed by atoms with Crippen molar-refractivity contribution in [3.05, 3.63) is 22.4 Å². The van der Waals surface area contributed by atoms with Gasteiger partial charge in [-0.05, 0) is 35.7 Å². The number of thiophene rings is 1. The molecule has 0 radical (unpaired) electrons. The second kappa shape index (κ2) is 11.7. The lowest BCUT2D eigenvalue weighted by Gasteiger charge is -2.11. The molecule has 0 atom stereocenters. The molecule has 18 heavy (non-hydrogen) atoms. The summed E-state index contributed by atoms with van der Waals surface area (Å²) in [4.78, 5) is 4.16. The largest absolute Gasteiger partial charge is 0.382 e. The predicted molar refractivity (Wildman–Crippen MR) is 89.0 cm³/mol. The number of halogens is 1. The van der Waals surface area contributed by atoms with E-state index in [0.717, 1.165) is 38.7 Å². The summed E-state index contributed by atoms with van der Waals surface area (Å²) in [5.74, 6) is 0.840. The number of guanidine groups is 1. The highest BCUT2D eigenvalue weighted by Crippen LogP contribution is 2.04. The SMILES string of the molecule is CCOCCCNC(=NC)NCc1ccsc1.I. The van der Waals surface area contributed by atoms with Gasteiger partial charge in [-0.2, -0.15) is 11.3 Å². The van der Waals surface area contributed by atoms with E-state index in [1.54, 1.807) is 18.4 Å². The minimum atomic E-state index is 0. The van der Waals surface area contributed by atoms with Gasteiger partial charge in [0.15, 0.2) is 5.96 Å². The monoisotopic (exact) mass is 383 g/mol. The van der Waals surface area contributed by atoms with Gasteiger partial charge >= 0.3 is 0 Å². The quantitative estimate of drug-likeness (QED) is 0.329. The molecular formula is C12H22IN3OS. The highest BCUT2D eigenvalue weighted by molar-refractivity contribution is 14.0. The van der Waals surface area contributed by atoms with E-state index in [1.807, 2.05) is 6.92 Å². The van der Waals surface area contributed by atoms with Crippen molar-refractivity contribution >= 4 is 41.3 Å². The summed E-state index contributed by atoms with van der Waals surface area (Å²) >= 11 is 1.71. The third kappa shape index (κ3) is 7.88. The van der Waals surface area contributed by atoms with Crippen LogP contribution < -0.4 is 10.6 Å². The molecule has 0 aliphatic carbocycles. The van der Waals surface area contributed by atoms with Crippen LogP contribution in [0.25, 0.3) is 0 Å². The molecule has 1 aromatic heterocycles. The first kappa shape index (κ1) is 17.7. The van der Waals surface area contributed by atoms with Crippen molar-refractivity contribution in [2.45, 2.75) is 19.9 Å². The first-order chi connectivity index (χ1) is 8.36. The zero-order chi connectivity index (χ0) is 12.3. The van der Waals surface area contributed by atoms with Crippen molar-refractivity contribution in [1.82, 2.24) is 10.6 Å². The van der Waals surface area contributed by atoms with Crippen LogP contribution in [-0.2, 0) is 11.3 Å². The van der Waals surface area contributed by atoms with Gasteiger partial charge in [0.2, 0.25) is 0 Å². The first-order valence-electron chi connectivity index (χ1n) is 5.90. The number of nitrogens with one attached hydrogen (secondary N) is 2. The number of rotatable bonds is 7. The van der Waals surface area contributed by atoms with Gasteiger partial charge in [-0.3, -0.25) is 4.99 Å². The fourth-order valence-corrected chi connectivity index (χ4v) is 1.99. The summed E-state index contributed by atoms with van der Waals surface area (Å²) in [6.07, 6.45) is 0.993. The molecule has 6 heteroatoms. The van der Waals surface area contributed by atoms with Crippen molar-refractivity contribution in [3.63, 3.8) is 0 Å². The molecule has 4 nitrogen and oxygen atoms in total. The van der Waals surface area contributed by atoms with Crippen molar-refractivity contribution < 1.29 is 4.74 Å². The van der Waals surface area contributed by atoms with Crippen LogP contribution in [0.15, 0.2) is 21.8 Å². The van der Waals surface area contributed by atoms with Gasteiger partial charge in [0.05, 0.1) is 0 Å². The van der Waals surface area contributed by atoms with Crippen LogP contribution in [-0.4, -0.2) is 32.8 Å². The molecule has 1 rings (SSSR count). The highest BCUT2D eigenvalue weighted by atomic mass is 127. The van der Waals surface area contributed by atoms with E-state index in [4.69, 9.17) is 4.74 Å². The van der Waals surface area contributed by atoms with E-state index in [-0.39, 0.29) is 24.0 Å². The molecule has 0 aliphatic rings. The number of aliphatic imine (C=N–C) groups is 1. The molecule has 0 aliphatic heterocycles. The van der Waals surface area contributed by atoms with E-state index in [1.165, 1.54) is 5.56 Å². The Balaban J connectivity index is 0.00000289. The van der Waals surface area contributed by atoms with Crippen LogP contribution in [0.1, 0.15) is 18.9 Å². The highest BCUT2D eigenvalue weighted by Gasteiger charge is 1.97. The summed E-state index contributed by atoms with van der Waals surface area (Å²) in [5.41, 5.74) is 1.28. The fourth-order valence-electron chi connectivity index (χ4n) is 1.32. The summed E-state index contributed by atoms with van der Waals surface area (Å²) in [6, 6.07) is 2.11. The lowest BCUT2D eigenvalue weighted by Crippen LogP contribution is -2.37. The van der Waals surface area contributed by atoms with Gasteiger partial charge in [-0.25, -0.2) is 0 Å². The molecule has 0 fully saturated rings. The number of nitrogens with zero attached hydrogens (tertiary/aromatic N) is 1. The van der Waals surface area contributed by atoms with Gasteiger partial charge in [0.1, 0.15) is 0 Å². The topological polar surface area (TPSA) is 45.6 Å². The molecule has 0 spiro atoms. The van der Waals surface area contributed by atoms with Crippen LogP contribution >= 0.6 is 35.3 Å². The average molecular weight is 383 g/mol. The summed E-state index contributed by atoms with van der Waals surface area (Å²) in [7, 11) is 1.78. The Hall–Kier alpha value is -0.340. The normalized spacial score (nSPS) is 10.9. The van der Waals surface area contributed by atoms with Gasteiger partial charge < -0.3 is 15.4 Å². The minimum absolute atomic E-state index is 0. The van der Waals surface area contributed by atoms with Crippen molar-refractivity contribution in [1.29, 1.82) is 0 Å². The lowest BCUT2D eigenvalue weighted by atomic mass is 10.3. The smallest absolute Gasteiger partial charge is 0.191 e. The van der Waals surface area contributed by atoms with Gasteiger partial charge in [-0.1, -0.05) is 0 Å². The molecule has 0 amide bonds. The lowest BCUT2D eigenvalue weighted by molar-refractivity contribution is 0.145. The minimum Gasteiger partial charge on any atom is -0.382 e. The Kier molecular flexibility index (Phi) is 11.5. The summed E-state index contributed by atoms with van der Waals surface area (Å²) in [5, 5.41) is 10.7. The molecule has 1 heterocycles. The second-order valence-electron chi connectivity index (χ2n) is 3.53. The molecule has 2 N–H and O–H groups in total. The van der Waals surface area contributed by atoms with Crippen molar-refractivity contribution in [2.75, 3.05) is 26.8 Å². The zero-order valence-electron chi connectivity index (χ0n) is 10.9. The Morgan fingerprint density at radius 1 is 1.44 bits per heavy atom. The Labute approximate surface area is 130 Å². The summed E-state index contributed by atoms with van der Waals surface area (Å²) in [6.45, 7) is 5.28. The van der Waals surface area contributed by atoms with Gasteiger partial charge in [0, 0.05) is 33.4 Å². The summed E-state index contributed by atoms with van der Waals surface area (Å²) < 4.78 is 5.27. The molecule has 1 aromatic rings. The molecule has 0 bridgehead atoms. The van der Waals surface area contributed by atoms with E-state index < -0.39 is 0 Å². The van der Waals surface area contributed by atoms with Crippen LogP contribution in [0, 0.1) is 0 Å². The molecule has 0 aromatic carbocycles. The number of hydrogen-bond donors (Lipinski definition) is 2. The third-order valence-corrected chi connectivity index (χ3v) is 2.96. The Morgan fingerprint density at radius 2 is 2.28 bits per heavy atom. The predicted octanol–water partition coefficient (Wildman–Crippen LogP) is 2.46. The molecule has 0 saturated carbocycles.